The largest absolute Gasteiger partial charge is 0.479 e. The molecule has 9 nitrogen and oxygen atoms in total. The molecule has 5 rings (SSSR count). The van der Waals surface area contributed by atoms with Crippen molar-refractivity contribution in [1.82, 2.24) is 29.0 Å². The van der Waals surface area contributed by atoms with Crippen LogP contribution in [0.25, 0.3) is 27.7 Å². The zero-order chi connectivity index (χ0) is 25.8. The Kier molecular flexibility index (Phi) is 5.72. The third-order valence-corrected chi connectivity index (χ3v) is 6.35. The van der Waals surface area contributed by atoms with E-state index < -0.39 is 36.9 Å². The van der Waals surface area contributed by atoms with Crippen molar-refractivity contribution in [2.75, 3.05) is 32.2 Å². The molecule has 0 spiro atoms. The van der Waals surface area contributed by atoms with Crippen molar-refractivity contribution >= 4 is 28.4 Å². The molecule has 13 heteroatoms. The van der Waals surface area contributed by atoms with Gasteiger partial charge in [-0.05, 0) is 30.7 Å². The Balaban J connectivity index is 1.56. The lowest BCUT2D eigenvalue weighted by atomic mass is 10.1. The number of imidazole rings is 1. The molecule has 1 amide bonds. The van der Waals surface area contributed by atoms with Crippen molar-refractivity contribution in [1.29, 1.82) is 0 Å². The Bertz CT molecular complexity index is 1480. The summed E-state index contributed by atoms with van der Waals surface area (Å²) >= 11 is 0. The molecule has 1 fully saturated rings. The van der Waals surface area contributed by atoms with Crippen LogP contribution in [0, 0.1) is 12.7 Å². The summed E-state index contributed by atoms with van der Waals surface area (Å²) in [5.41, 5.74) is 1.96. The summed E-state index contributed by atoms with van der Waals surface area (Å²) < 4.78 is 65.4. The number of likely N-dealkylation sites (tertiary alicyclic amines) is 1. The molecule has 190 valence electrons. The number of anilines is 1. The van der Waals surface area contributed by atoms with Crippen molar-refractivity contribution in [3.63, 3.8) is 0 Å². The number of hydrogen-bond acceptors (Lipinski definition) is 6. The van der Waals surface area contributed by atoms with Gasteiger partial charge in [-0.3, -0.25) is 4.79 Å². The molecule has 1 N–H and O–H groups in total. The fourth-order valence-electron chi connectivity index (χ4n) is 4.58. The third kappa shape index (κ3) is 3.88. The van der Waals surface area contributed by atoms with E-state index in [4.69, 9.17) is 4.74 Å². The maximum atomic E-state index is 15.0. The van der Waals surface area contributed by atoms with E-state index in [2.05, 4.69) is 20.4 Å². The van der Waals surface area contributed by atoms with Crippen LogP contribution in [0.15, 0.2) is 24.4 Å². The second-order valence-electron chi connectivity index (χ2n) is 8.65. The lowest BCUT2D eigenvalue weighted by Gasteiger charge is -2.19. The van der Waals surface area contributed by atoms with Crippen LogP contribution in [0.5, 0.6) is 5.88 Å². The first-order chi connectivity index (χ1) is 17.1. The molecule has 0 unspecified atom stereocenters. The van der Waals surface area contributed by atoms with Crippen molar-refractivity contribution in [3.05, 3.63) is 36.0 Å². The molecular weight excluding hydrogens is 482 g/mol. The van der Waals surface area contributed by atoms with Gasteiger partial charge in [-0.25, -0.2) is 27.1 Å². The third-order valence-electron chi connectivity index (χ3n) is 6.35. The van der Waals surface area contributed by atoms with Gasteiger partial charge in [0.25, 0.3) is 5.92 Å². The van der Waals surface area contributed by atoms with Crippen LogP contribution in [-0.4, -0.2) is 73.8 Å². The molecule has 36 heavy (non-hydrogen) atoms. The van der Waals surface area contributed by atoms with Gasteiger partial charge in [-0.15, -0.1) is 5.10 Å². The summed E-state index contributed by atoms with van der Waals surface area (Å²) in [6.45, 7) is 1.42. The van der Waals surface area contributed by atoms with E-state index in [0.29, 0.717) is 28.0 Å². The minimum Gasteiger partial charge on any atom is -0.479 e. The summed E-state index contributed by atoms with van der Waals surface area (Å²) in [7, 11) is 1.37. The summed E-state index contributed by atoms with van der Waals surface area (Å²) in [5, 5.41) is 6.90. The standard InChI is InChI=1S/C23H23F4N7O2/c1-12-28-19-16(25)8-14(9-17(19)33(12)7-5-24)15-4-6-34-20(15)21(36-3)30-22(31-34)29-18-10-32(13(2)35)11-23(18,26)27/h4,6,8-9,18H,5,7,10-11H2,1-3H3,(H,29,31)/t18-/m1/s1. The smallest absolute Gasteiger partial charge is 0.286 e. The molecule has 0 aliphatic carbocycles. The number of fused-ring (bicyclic) bond motifs is 2. The van der Waals surface area contributed by atoms with E-state index in [0.717, 1.165) is 4.90 Å². The number of aryl methyl sites for hydroxylation is 2. The number of halogens is 4. The average molecular weight is 505 g/mol. The maximum Gasteiger partial charge on any atom is 0.286 e. The van der Waals surface area contributed by atoms with Gasteiger partial charge in [0.15, 0.2) is 5.82 Å². The Morgan fingerprint density at radius 2 is 2.08 bits per heavy atom. The number of nitrogens with one attached hydrogen (secondary N) is 1. The van der Waals surface area contributed by atoms with Crippen LogP contribution in [0.2, 0.25) is 0 Å². The zero-order valence-electron chi connectivity index (χ0n) is 19.7. The van der Waals surface area contributed by atoms with Crippen LogP contribution < -0.4 is 10.1 Å². The fourth-order valence-corrected chi connectivity index (χ4v) is 4.58. The van der Waals surface area contributed by atoms with Gasteiger partial charge in [0, 0.05) is 25.2 Å². The number of nitrogens with zero attached hydrogens (tertiary/aromatic N) is 6. The molecule has 0 saturated carbocycles. The van der Waals surface area contributed by atoms with E-state index in [1.54, 1.807) is 29.8 Å². The predicted molar refractivity (Wildman–Crippen MR) is 124 cm³/mol. The molecule has 1 aliphatic heterocycles. The van der Waals surface area contributed by atoms with Crippen molar-refractivity contribution in [3.8, 4) is 17.0 Å². The Morgan fingerprint density at radius 1 is 1.31 bits per heavy atom. The molecule has 1 atom stereocenters. The van der Waals surface area contributed by atoms with Gasteiger partial charge >= 0.3 is 0 Å². The van der Waals surface area contributed by atoms with Crippen molar-refractivity contribution in [2.45, 2.75) is 32.4 Å². The lowest BCUT2D eigenvalue weighted by Crippen LogP contribution is -2.38. The van der Waals surface area contributed by atoms with Crippen LogP contribution in [-0.2, 0) is 11.3 Å². The molecule has 1 saturated heterocycles. The van der Waals surface area contributed by atoms with Crippen LogP contribution in [0.3, 0.4) is 0 Å². The number of hydrogen-bond donors (Lipinski definition) is 1. The number of rotatable bonds is 6. The number of aromatic nitrogens is 5. The number of methoxy groups -OCH3 is 1. The minimum atomic E-state index is -3.17. The SMILES string of the molecule is COc1nc(N[C@@H]2CN(C(C)=O)CC2(F)F)nn2ccc(-c3cc(F)c4nc(C)n(CCF)c4c3)c12. The number of ether oxygens (including phenoxy) is 1. The summed E-state index contributed by atoms with van der Waals surface area (Å²) in [4.78, 5) is 21.1. The van der Waals surface area contributed by atoms with Gasteiger partial charge < -0.3 is 19.5 Å². The highest BCUT2D eigenvalue weighted by molar-refractivity contribution is 5.90. The first-order valence-electron chi connectivity index (χ1n) is 11.2. The quantitative estimate of drug-likeness (QED) is 0.404. The fraction of sp³-hybridized carbons (Fsp3) is 0.391. The average Bonchev–Trinajstić information content (AvgIpc) is 3.48. The van der Waals surface area contributed by atoms with Gasteiger partial charge in [-0.1, -0.05) is 0 Å². The van der Waals surface area contributed by atoms with E-state index in [9.17, 15) is 22.4 Å². The topological polar surface area (TPSA) is 89.6 Å². The minimum absolute atomic E-state index is 0.0378. The highest BCUT2D eigenvalue weighted by Crippen LogP contribution is 2.35. The second-order valence-corrected chi connectivity index (χ2v) is 8.65. The summed E-state index contributed by atoms with van der Waals surface area (Å²) in [5.74, 6) is -3.74. The second kappa shape index (κ2) is 8.64. The molecule has 1 aliphatic rings. The van der Waals surface area contributed by atoms with E-state index in [1.807, 2.05) is 0 Å². The Labute approximate surface area is 202 Å². The highest BCUT2D eigenvalue weighted by Gasteiger charge is 2.49. The molecular formula is C23H23F4N7O2. The molecule has 4 aromatic rings. The normalized spacial score (nSPS) is 17.3. The number of carbonyl (C=O) groups is 1. The van der Waals surface area contributed by atoms with Gasteiger partial charge in [0.05, 0.1) is 25.7 Å². The molecule has 1 aromatic carbocycles. The number of benzene rings is 1. The van der Waals surface area contributed by atoms with Crippen LogP contribution in [0.1, 0.15) is 12.7 Å². The first kappa shape index (κ1) is 23.8. The first-order valence-corrected chi connectivity index (χ1v) is 11.2. The van der Waals surface area contributed by atoms with Crippen LogP contribution >= 0.6 is 0 Å². The monoisotopic (exact) mass is 505 g/mol. The number of amides is 1. The highest BCUT2D eigenvalue weighted by atomic mass is 19.3. The summed E-state index contributed by atoms with van der Waals surface area (Å²) in [6, 6.07) is 3.30. The maximum absolute atomic E-state index is 15.0. The summed E-state index contributed by atoms with van der Waals surface area (Å²) in [6.07, 6.45) is 1.57. The molecule has 3 aromatic heterocycles. The van der Waals surface area contributed by atoms with E-state index in [1.165, 1.54) is 24.6 Å². The van der Waals surface area contributed by atoms with Gasteiger partial charge in [0.1, 0.15) is 29.6 Å². The number of carbonyl (C=O) groups excluding carboxylic acids is 1. The zero-order valence-corrected chi connectivity index (χ0v) is 19.7. The van der Waals surface area contributed by atoms with Gasteiger partial charge in [-0.2, -0.15) is 4.98 Å². The van der Waals surface area contributed by atoms with E-state index >= 15 is 0 Å². The van der Waals surface area contributed by atoms with Crippen LogP contribution in [0.4, 0.5) is 23.5 Å². The Morgan fingerprint density at radius 3 is 2.75 bits per heavy atom. The van der Waals surface area contributed by atoms with Crippen molar-refractivity contribution < 1.29 is 27.1 Å². The Hall–Kier alpha value is -3.90. The van der Waals surface area contributed by atoms with Crippen molar-refractivity contribution in [2.24, 2.45) is 0 Å². The van der Waals surface area contributed by atoms with E-state index in [-0.39, 0.29) is 30.4 Å². The molecule has 4 heterocycles. The predicted octanol–water partition coefficient (Wildman–Crippen LogP) is 3.45. The molecule has 0 bridgehead atoms. The number of alkyl halides is 3. The lowest BCUT2D eigenvalue weighted by molar-refractivity contribution is -0.129. The molecule has 0 radical (unpaired) electrons. The van der Waals surface area contributed by atoms with Gasteiger partial charge in [0.2, 0.25) is 17.7 Å².